The molecule has 4 nitrogen and oxygen atoms in total. The molecular weight excluding hydrogens is 422 g/mol. The van der Waals surface area contributed by atoms with Crippen molar-refractivity contribution in [3.63, 3.8) is 0 Å². The fourth-order valence-electron chi connectivity index (χ4n) is 5.31. The van der Waals surface area contributed by atoms with Crippen molar-refractivity contribution >= 4 is 11.6 Å². The molecule has 1 aliphatic rings. The molecule has 0 amide bonds. The van der Waals surface area contributed by atoms with Gasteiger partial charge in [0.2, 0.25) is 0 Å². The Balaban J connectivity index is 1.83. The maximum Gasteiger partial charge on any atom is 0.167 e. The zero-order valence-corrected chi connectivity index (χ0v) is 20.0. The Bertz CT molecular complexity index is 1060. The van der Waals surface area contributed by atoms with Crippen LogP contribution in [0.5, 0.6) is 0 Å². The van der Waals surface area contributed by atoms with Crippen molar-refractivity contribution in [2.45, 2.75) is 26.2 Å². The van der Waals surface area contributed by atoms with Crippen LogP contribution in [-0.4, -0.2) is 47.8 Å². The second-order valence-electron chi connectivity index (χ2n) is 9.33. The van der Waals surface area contributed by atoms with Crippen LogP contribution in [0.1, 0.15) is 49.7 Å². The number of rotatable bonds is 8. The number of aliphatic hydroxyl groups excluding tert-OH is 1. The quantitative estimate of drug-likeness (QED) is 0.481. The number of aliphatic hydroxyl groups is 1. The van der Waals surface area contributed by atoms with Gasteiger partial charge in [0.15, 0.2) is 11.6 Å². The number of carbonyl (C=O) groups excluding carboxylic acids is 2. The lowest BCUT2D eigenvalue weighted by atomic mass is 9.67. The van der Waals surface area contributed by atoms with E-state index in [2.05, 4.69) is 30.9 Å². The monoisotopic (exact) mass is 455 g/mol. The molecule has 3 aromatic carbocycles. The van der Waals surface area contributed by atoms with E-state index < -0.39 is 0 Å². The molecule has 0 bridgehead atoms. The van der Waals surface area contributed by atoms with Crippen molar-refractivity contribution < 1.29 is 14.7 Å². The Kier molecular flexibility index (Phi) is 7.71. The summed E-state index contributed by atoms with van der Waals surface area (Å²) < 4.78 is 0. The number of ketones is 2. The van der Waals surface area contributed by atoms with E-state index in [9.17, 15) is 14.7 Å². The number of carbonyl (C=O) groups is 2. The fourth-order valence-corrected chi connectivity index (χ4v) is 5.31. The standard InChI is InChI=1S/C30H33NO3/c1-21-11-9-16-25(22(21)2)28-26(29(33)23-12-5-3-6-13-23)19-31(17-10-18-32)20-27(28)30(34)24-14-7-4-8-15-24/h3-9,11-16,26-28,32H,10,17-20H2,1-2H3/t26-,27+,28+. The van der Waals surface area contributed by atoms with Gasteiger partial charge in [-0.2, -0.15) is 0 Å². The lowest BCUT2D eigenvalue weighted by Crippen LogP contribution is -2.50. The van der Waals surface area contributed by atoms with Crippen molar-refractivity contribution in [3.8, 4) is 0 Å². The molecule has 0 spiro atoms. The van der Waals surface area contributed by atoms with Gasteiger partial charge in [-0.05, 0) is 37.0 Å². The molecule has 1 saturated heterocycles. The number of nitrogens with zero attached hydrogens (tertiary/aromatic N) is 1. The Morgan fingerprint density at radius 3 is 1.82 bits per heavy atom. The number of likely N-dealkylation sites (tertiary alicyclic amines) is 1. The average Bonchev–Trinajstić information content (AvgIpc) is 2.89. The smallest absolute Gasteiger partial charge is 0.167 e. The Hall–Kier alpha value is -3.08. The van der Waals surface area contributed by atoms with Crippen molar-refractivity contribution in [2.75, 3.05) is 26.2 Å². The lowest BCUT2D eigenvalue weighted by molar-refractivity contribution is 0.0559. The molecule has 0 aliphatic carbocycles. The maximum atomic E-state index is 13.9. The van der Waals surface area contributed by atoms with Gasteiger partial charge in [0, 0.05) is 55.1 Å². The summed E-state index contributed by atoms with van der Waals surface area (Å²) in [6.45, 7) is 6.07. The third kappa shape index (κ3) is 5.03. The molecule has 176 valence electrons. The first-order chi connectivity index (χ1) is 16.5. The molecule has 0 aromatic heterocycles. The molecule has 0 saturated carbocycles. The second-order valence-corrected chi connectivity index (χ2v) is 9.33. The molecular formula is C30H33NO3. The van der Waals surface area contributed by atoms with Crippen LogP contribution in [0.4, 0.5) is 0 Å². The van der Waals surface area contributed by atoms with Crippen LogP contribution in [0.25, 0.3) is 0 Å². The molecule has 3 aromatic rings. The zero-order chi connectivity index (χ0) is 24.1. The summed E-state index contributed by atoms with van der Waals surface area (Å²) in [7, 11) is 0. The van der Waals surface area contributed by atoms with Gasteiger partial charge in [0.25, 0.3) is 0 Å². The first-order valence-corrected chi connectivity index (χ1v) is 12.1. The molecule has 1 heterocycles. The molecule has 1 N–H and O–H groups in total. The number of aryl methyl sites for hydroxylation is 1. The summed E-state index contributed by atoms with van der Waals surface area (Å²) in [6, 6.07) is 25.0. The molecule has 4 rings (SSSR count). The molecule has 0 radical (unpaired) electrons. The second kappa shape index (κ2) is 10.9. The highest BCUT2D eigenvalue weighted by atomic mass is 16.3. The summed E-state index contributed by atoms with van der Waals surface area (Å²) in [5.41, 5.74) is 4.76. The highest BCUT2D eigenvalue weighted by Crippen LogP contribution is 2.42. The van der Waals surface area contributed by atoms with Crippen LogP contribution in [0.2, 0.25) is 0 Å². The molecule has 0 unspecified atom stereocenters. The van der Waals surface area contributed by atoms with E-state index in [0.29, 0.717) is 37.2 Å². The summed E-state index contributed by atoms with van der Waals surface area (Å²) in [6.07, 6.45) is 0.618. The molecule has 3 atom stereocenters. The fraction of sp³-hybridized carbons (Fsp3) is 0.333. The van der Waals surface area contributed by atoms with E-state index in [4.69, 9.17) is 0 Å². The van der Waals surface area contributed by atoms with Crippen LogP contribution in [0.3, 0.4) is 0 Å². The Morgan fingerprint density at radius 1 is 0.794 bits per heavy atom. The van der Waals surface area contributed by atoms with Crippen LogP contribution in [0, 0.1) is 25.7 Å². The van der Waals surface area contributed by atoms with Gasteiger partial charge < -0.3 is 10.0 Å². The SMILES string of the molecule is Cc1cccc([C@@H]2[C@@H](C(=O)c3ccccc3)CN(CCCO)C[C@H]2C(=O)c2ccccc2)c1C. The van der Waals surface area contributed by atoms with E-state index in [-0.39, 0.29) is 35.9 Å². The summed E-state index contributed by atoms with van der Waals surface area (Å²) >= 11 is 0. The zero-order valence-electron chi connectivity index (χ0n) is 20.0. The van der Waals surface area contributed by atoms with E-state index in [1.807, 2.05) is 66.7 Å². The summed E-state index contributed by atoms with van der Waals surface area (Å²) in [4.78, 5) is 30.0. The average molecular weight is 456 g/mol. The summed E-state index contributed by atoms with van der Waals surface area (Å²) in [5.74, 6) is -0.774. The minimum absolute atomic E-state index is 0.0751. The molecule has 4 heteroatoms. The first-order valence-electron chi connectivity index (χ1n) is 12.1. The summed E-state index contributed by atoms with van der Waals surface area (Å²) in [5, 5.41) is 9.44. The van der Waals surface area contributed by atoms with Gasteiger partial charge in [-0.25, -0.2) is 0 Å². The van der Waals surface area contributed by atoms with Crippen molar-refractivity contribution in [2.24, 2.45) is 11.8 Å². The van der Waals surface area contributed by atoms with Crippen molar-refractivity contribution in [1.29, 1.82) is 0 Å². The van der Waals surface area contributed by atoms with Gasteiger partial charge in [0.1, 0.15) is 0 Å². The molecule has 34 heavy (non-hydrogen) atoms. The van der Waals surface area contributed by atoms with Crippen LogP contribution in [0.15, 0.2) is 78.9 Å². The van der Waals surface area contributed by atoms with Crippen LogP contribution < -0.4 is 0 Å². The third-order valence-electron chi connectivity index (χ3n) is 7.21. The van der Waals surface area contributed by atoms with Crippen molar-refractivity contribution in [3.05, 3.63) is 107 Å². The molecule has 1 fully saturated rings. The van der Waals surface area contributed by atoms with Crippen molar-refractivity contribution in [1.82, 2.24) is 4.90 Å². The van der Waals surface area contributed by atoms with Crippen LogP contribution in [-0.2, 0) is 0 Å². The van der Waals surface area contributed by atoms with E-state index >= 15 is 0 Å². The van der Waals surface area contributed by atoms with E-state index in [1.54, 1.807) is 0 Å². The Morgan fingerprint density at radius 2 is 1.32 bits per heavy atom. The van der Waals surface area contributed by atoms with E-state index in [1.165, 1.54) is 0 Å². The Labute approximate surface area is 202 Å². The highest BCUT2D eigenvalue weighted by molar-refractivity contribution is 6.02. The van der Waals surface area contributed by atoms with Crippen LogP contribution >= 0.6 is 0 Å². The number of Topliss-reactive ketones (excluding diaryl/α,β-unsaturated/α-hetero) is 2. The third-order valence-corrected chi connectivity index (χ3v) is 7.21. The van der Waals surface area contributed by atoms with Gasteiger partial charge >= 0.3 is 0 Å². The maximum absolute atomic E-state index is 13.9. The first kappa shape index (κ1) is 24.1. The van der Waals surface area contributed by atoms with Gasteiger partial charge in [0.05, 0.1) is 0 Å². The number of hydrogen-bond donors (Lipinski definition) is 1. The number of benzene rings is 3. The highest BCUT2D eigenvalue weighted by Gasteiger charge is 2.45. The minimum atomic E-state index is -0.354. The van der Waals surface area contributed by atoms with Gasteiger partial charge in [-0.15, -0.1) is 0 Å². The normalized spacial score (nSPS) is 20.7. The number of piperidine rings is 1. The van der Waals surface area contributed by atoms with E-state index in [0.717, 1.165) is 16.7 Å². The van der Waals surface area contributed by atoms with Gasteiger partial charge in [-0.3, -0.25) is 9.59 Å². The predicted octanol–water partition coefficient (Wildman–Crippen LogP) is 5.08. The molecule has 1 aliphatic heterocycles. The lowest BCUT2D eigenvalue weighted by Gasteiger charge is -2.43. The van der Waals surface area contributed by atoms with Gasteiger partial charge in [-0.1, -0.05) is 78.9 Å². The minimum Gasteiger partial charge on any atom is -0.396 e. The topological polar surface area (TPSA) is 57.6 Å². The number of hydrogen-bond acceptors (Lipinski definition) is 4. The largest absolute Gasteiger partial charge is 0.396 e. The predicted molar refractivity (Wildman–Crippen MR) is 135 cm³/mol.